The van der Waals surface area contributed by atoms with Crippen LogP contribution in [0.1, 0.15) is 13.8 Å². The molecular formula is C10H18N2O2S. The largest absolute Gasteiger partial charge is 0.372 e. The van der Waals surface area contributed by atoms with E-state index in [4.69, 9.17) is 4.74 Å². The monoisotopic (exact) mass is 230 g/mol. The van der Waals surface area contributed by atoms with Gasteiger partial charge < -0.3 is 9.64 Å². The van der Waals surface area contributed by atoms with Crippen LogP contribution in [0.25, 0.3) is 0 Å². The van der Waals surface area contributed by atoms with Crippen LogP contribution in [-0.2, 0) is 9.53 Å². The standard InChI is InChI=1S/C10H18N2O2S/c1-7-3-12(4-8(2)14-7)10(13)9-5-15-6-11-9/h7-9,11H,3-6H2,1-2H3. The molecule has 1 amide bonds. The highest BCUT2D eigenvalue weighted by molar-refractivity contribution is 7.99. The Labute approximate surface area is 94.7 Å². The maximum atomic E-state index is 12.1. The molecule has 0 bridgehead atoms. The molecular weight excluding hydrogens is 212 g/mol. The Morgan fingerprint density at radius 3 is 2.60 bits per heavy atom. The number of hydrogen-bond acceptors (Lipinski definition) is 4. The maximum absolute atomic E-state index is 12.1. The van der Waals surface area contributed by atoms with Gasteiger partial charge in [0.15, 0.2) is 0 Å². The summed E-state index contributed by atoms with van der Waals surface area (Å²) in [6, 6.07) is 0.0208. The number of rotatable bonds is 1. The molecule has 0 spiro atoms. The van der Waals surface area contributed by atoms with Gasteiger partial charge in [-0.25, -0.2) is 0 Å². The Kier molecular flexibility index (Phi) is 3.53. The third-order valence-electron chi connectivity index (χ3n) is 2.75. The van der Waals surface area contributed by atoms with E-state index < -0.39 is 0 Å². The second-order valence-electron chi connectivity index (χ2n) is 4.27. The third-order valence-corrected chi connectivity index (χ3v) is 3.69. The number of amides is 1. The first-order chi connectivity index (χ1) is 7.16. The Hall–Kier alpha value is -0.260. The average molecular weight is 230 g/mol. The summed E-state index contributed by atoms with van der Waals surface area (Å²) in [5, 5.41) is 3.21. The van der Waals surface area contributed by atoms with E-state index in [1.165, 1.54) is 0 Å². The molecule has 4 nitrogen and oxygen atoms in total. The second kappa shape index (κ2) is 4.72. The Morgan fingerprint density at radius 2 is 2.07 bits per heavy atom. The number of carbonyl (C=O) groups is 1. The summed E-state index contributed by atoms with van der Waals surface area (Å²) in [5.41, 5.74) is 0. The van der Waals surface area contributed by atoms with Gasteiger partial charge in [0.25, 0.3) is 0 Å². The number of hydrogen-bond donors (Lipinski definition) is 1. The normalized spacial score (nSPS) is 36.9. The van der Waals surface area contributed by atoms with Crippen molar-refractivity contribution in [1.82, 2.24) is 10.2 Å². The lowest BCUT2D eigenvalue weighted by Gasteiger charge is -2.36. The zero-order valence-corrected chi connectivity index (χ0v) is 10.0. The van der Waals surface area contributed by atoms with Crippen molar-refractivity contribution in [3.05, 3.63) is 0 Å². The smallest absolute Gasteiger partial charge is 0.240 e. The van der Waals surface area contributed by atoms with Gasteiger partial charge in [-0.3, -0.25) is 10.1 Å². The SMILES string of the molecule is CC1CN(C(=O)C2CSCN2)CC(C)O1. The van der Waals surface area contributed by atoms with Crippen molar-refractivity contribution in [2.24, 2.45) is 0 Å². The van der Waals surface area contributed by atoms with Crippen LogP contribution in [0, 0.1) is 0 Å². The molecule has 0 radical (unpaired) electrons. The fraction of sp³-hybridized carbons (Fsp3) is 0.900. The minimum atomic E-state index is 0.0208. The van der Waals surface area contributed by atoms with Crippen molar-refractivity contribution >= 4 is 17.7 Å². The van der Waals surface area contributed by atoms with Crippen LogP contribution in [0.2, 0.25) is 0 Å². The van der Waals surface area contributed by atoms with Crippen molar-refractivity contribution in [2.45, 2.75) is 32.1 Å². The number of morpholine rings is 1. The molecule has 15 heavy (non-hydrogen) atoms. The van der Waals surface area contributed by atoms with Crippen molar-refractivity contribution in [1.29, 1.82) is 0 Å². The van der Waals surface area contributed by atoms with E-state index >= 15 is 0 Å². The quantitative estimate of drug-likeness (QED) is 0.703. The number of nitrogens with zero attached hydrogens (tertiary/aromatic N) is 1. The van der Waals surface area contributed by atoms with Gasteiger partial charge >= 0.3 is 0 Å². The van der Waals surface area contributed by atoms with E-state index in [1.807, 2.05) is 18.7 Å². The molecule has 5 heteroatoms. The zero-order valence-electron chi connectivity index (χ0n) is 9.23. The highest BCUT2D eigenvalue weighted by Gasteiger charge is 2.31. The molecule has 2 heterocycles. The van der Waals surface area contributed by atoms with Gasteiger partial charge in [-0.05, 0) is 13.8 Å². The molecule has 0 saturated carbocycles. The number of nitrogens with one attached hydrogen (secondary N) is 1. The Balaban J connectivity index is 1.93. The first-order valence-electron chi connectivity index (χ1n) is 5.42. The van der Waals surface area contributed by atoms with Gasteiger partial charge in [0.2, 0.25) is 5.91 Å². The van der Waals surface area contributed by atoms with E-state index in [0.29, 0.717) is 0 Å². The lowest BCUT2D eigenvalue weighted by atomic mass is 10.2. The van der Waals surface area contributed by atoms with Gasteiger partial charge in [0.1, 0.15) is 0 Å². The van der Waals surface area contributed by atoms with E-state index in [2.05, 4.69) is 5.32 Å². The van der Waals surface area contributed by atoms with Gasteiger partial charge in [-0.2, -0.15) is 0 Å². The summed E-state index contributed by atoms with van der Waals surface area (Å²) in [6.07, 6.45) is 0.318. The zero-order chi connectivity index (χ0) is 10.8. The predicted octanol–water partition coefficient (Wildman–Crippen LogP) is 0.285. The highest BCUT2D eigenvalue weighted by atomic mass is 32.2. The van der Waals surface area contributed by atoms with Crippen molar-refractivity contribution in [2.75, 3.05) is 24.7 Å². The van der Waals surface area contributed by atoms with E-state index in [-0.39, 0.29) is 24.2 Å². The van der Waals surface area contributed by atoms with E-state index in [0.717, 1.165) is 24.7 Å². The number of thioether (sulfide) groups is 1. The van der Waals surface area contributed by atoms with Gasteiger partial charge in [0, 0.05) is 24.7 Å². The predicted molar refractivity (Wildman–Crippen MR) is 60.8 cm³/mol. The van der Waals surface area contributed by atoms with Crippen molar-refractivity contribution < 1.29 is 9.53 Å². The van der Waals surface area contributed by atoms with E-state index in [9.17, 15) is 4.79 Å². The molecule has 0 aromatic carbocycles. The van der Waals surface area contributed by atoms with Crippen LogP contribution >= 0.6 is 11.8 Å². The van der Waals surface area contributed by atoms with Crippen molar-refractivity contribution in [3.63, 3.8) is 0 Å². The van der Waals surface area contributed by atoms with Gasteiger partial charge in [0.05, 0.1) is 18.2 Å². The van der Waals surface area contributed by atoms with Crippen LogP contribution in [-0.4, -0.2) is 53.8 Å². The summed E-state index contributed by atoms with van der Waals surface area (Å²) in [6.45, 7) is 5.50. The molecule has 2 aliphatic heterocycles. The third kappa shape index (κ3) is 2.65. The molecule has 2 saturated heterocycles. The topological polar surface area (TPSA) is 41.6 Å². The lowest BCUT2D eigenvalue weighted by molar-refractivity contribution is -0.144. The fourth-order valence-electron chi connectivity index (χ4n) is 2.13. The summed E-state index contributed by atoms with van der Waals surface area (Å²) in [7, 11) is 0. The molecule has 0 aliphatic carbocycles. The summed E-state index contributed by atoms with van der Waals surface area (Å²) in [4.78, 5) is 14.0. The Bertz CT molecular complexity index is 234. The van der Waals surface area contributed by atoms with Crippen LogP contribution in [0.4, 0.5) is 0 Å². The average Bonchev–Trinajstić information content (AvgIpc) is 2.67. The molecule has 2 aliphatic rings. The summed E-state index contributed by atoms with van der Waals surface area (Å²) < 4.78 is 5.61. The summed E-state index contributed by atoms with van der Waals surface area (Å²) >= 11 is 1.79. The highest BCUT2D eigenvalue weighted by Crippen LogP contribution is 2.16. The molecule has 3 unspecified atom stereocenters. The molecule has 2 rings (SSSR count). The van der Waals surface area contributed by atoms with Crippen LogP contribution in [0.15, 0.2) is 0 Å². The lowest BCUT2D eigenvalue weighted by Crippen LogP contribution is -2.53. The van der Waals surface area contributed by atoms with Crippen LogP contribution in [0.5, 0.6) is 0 Å². The molecule has 86 valence electrons. The van der Waals surface area contributed by atoms with Crippen molar-refractivity contribution in [3.8, 4) is 0 Å². The van der Waals surface area contributed by atoms with Gasteiger partial charge in [-0.15, -0.1) is 11.8 Å². The number of carbonyl (C=O) groups excluding carboxylic acids is 1. The molecule has 2 fully saturated rings. The molecule has 1 N–H and O–H groups in total. The van der Waals surface area contributed by atoms with Crippen LogP contribution < -0.4 is 5.32 Å². The van der Waals surface area contributed by atoms with E-state index in [1.54, 1.807) is 11.8 Å². The maximum Gasteiger partial charge on any atom is 0.240 e. The molecule has 3 atom stereocenters. The minimum absolute atomic E-state index is 0.0208. The number of ether oxygens (including phenoxy) is 1. The summed E-state index contributed by atoms with van der Waals surface area (Å²) in [5.74, 6) is 2.03. The second-order valence-corrected chi connectivity index (χ2v) is 5.30. The first kappa shape index (κ1) is 11.2. The molecule has 0 aromatic heterocycles. The minimum Gasteiger partial charge on any atom is -0.372 e. The Morgan fingerprint density at radius 1 is 1.40 bits per heavy atom. The first-order valence-corrected chi connectivity index (χ1v) is 6.57. The molecule has 0 aromatic rings. The van der Waals surface area contributed by atoms with Crippen LogP contribution in [0.3, 0.4) is 0 Å². The fourth-order valence-corrected chi connectivity index (χ4v) is 3.07. The van der Waals surface area contributed by atoms with Gasteiger partial charge in [-0.1, -0.05) is 0 Å².